The van der Waals surface area contributed by atoms with Gasteiger partial charge in [0.25, 0.3) is 0 Å². The van der Waals surface area contributed by atoms with E-state index in [0.29, 0.717) is 5.92 Å². The number of thioether (sulfide) groups is 1. The number of carbonyl (C=O) groups is 1. The van der Waals surface area contributed by atoms with Crippen molar-refractivity contribution < 1.29 is 4.79 Å². The molecule has 0 bridgehead atoms. The van der Waals surface area contributed by atoms with Gasteiger partial charge < -0.3 is 5.32 Å². The summed E-state index contributed by atoms with van der Waals surface area (Å²) in [6.45, 7) is 2.75. The number of nitrogens with one attached hydrogen (secondary N) is 1. The van der Waals surface area contributed by atoms with E-state index in [4.69, 9.17) is 0 Å². The van der Waals surface area contributed by atoms with Crippen LogP contribution >= 0.6 is 23.1 Å². The second-order valence-corrected chi connectivity index (χ2v) is 7.14. The molecule has 0 spiro atoms. The molecule has 1 aromatic heterocycles. The first-order valence-electron chi connectivity index (χ1n) is 6.46. The van der Waals surface area contributed by atoms with Crippen LogP contribution in [0, 0.1) is 5.92 Å². The number of aromatic nitrogens is 2. The quantitative estimate of drug-likeness (QED) is 0.845. The minimum Gasteiger partial charge on any atom is -0.355 e. The normalized spacial score (nSPS) is 18.5. The summed E-state index contributed by atoms with van der Waals surface area (Å²) in [5.41, 5.74) is 1.69. The highest BCUT2D eigenvalue weighted by molar-refractivity contribution is 8.02. The zero-order chi connectivity index (χ0) is 12.8. The van der Waals surface area contributed by atoms with Gasteiger partial charge >= 0.3 is 0 Å². The van der Waals surface area contributed by atoms with Crippen molar-refractivity contribution in [3.05, 3.63) is 5.51 Å². The molecule has 6 heteroatoms. The van der Waals surface area contributed by atoms with Gasteiger partial charge in [0.2, 0.25) is 5.91 Å². The molecule has 1 unspecified atom stereocenters. The lowest BCUT2D eigenvalue weighted by atomic mass is 9.89. The Morgan fingerprint density at radius 2 is 2.33 bits per heavy atom. The van der Waals surface area contributed by atoms with Crippen LogP contribution in [0.1, 0.15) is 39.0 Å². The predicted molar refractivity (Wildman–Crippen MR) is 74.8 cm³/mol. The van der Waals surface area contributed by atoms with Gasteiger partial charge in [0.05, 0.1) is 5.25 Å². The maximum atomic E-state index is 11.9. The Morgan fingerprint density at radius 3 is 3.00 bits per heavy atom. The predicted octanol–water partition coefficient (Wildman–Crippen LogP) is 2.72. The molecule has 0 aliphatic heterocycles. The van der Waals surface area contributed by atoms with Crippen molar-refractivity contribution in [3.8, 4) is 0 Å². The molecule has 1 heterocycles. The maximum Gasteiger partial charge on any atom is 0.233 e. The van der Waals surface area contributed by atoms with Crippen LogP contribution in [0.15, 0.2) is 9.85 Å². The van der Waals surface area contributed by atoms with E-state index in [-0.39, 0.29) is 11.2 Å². The highest BCUT2D eigenvalue weighted by Crippen LogP contribution is 2.25. The molecule has 0 radical (unpaired) electrons. The van der Waals surface area contributed by atoms with Crippen LogP contribution in [0.25, 0.3) is 0 Å². The van der Waals surface area contributed by atoms with Crippen molar-refractivity contribution in [2.45, 2.75) is 48.6 Å². The third kappa shape index (κ3) is 4.24. The van der Waals surface area contributed by atoms with E-state index in [9.17, 15) is 4.79 Å². The molecule has 1 saturated carbocycles. The van der Waals surface area contributed by atoms with Gasteiger partial charge in [0.15, 0.2) is 4.34 Å². The van der Waals surface area contributed by atoms with E-state index in [1.165, 1.54) is 55.2 Å². The van der Waals surface area contributed by atoms with Crippen molar-refractivity contribution in [1.29, 1.82) is 0 Å². The molecule has 4 nitrogen and oxygen atoms in total. The Morgan fingerprint density at radius 1 is 1.56 bits per heavy atom. The molecule has 100 valence electrons. The zero-order valence-electron chi connectivity index (χ0n) is 10.6. The molecule has 1 amide bonds. The summed E-state index contributed by atoms with van der Waals surface area (Å²) >= 11 is 2.95. The molecule has 0 aromatic carbocycles. The Kier molecular flexibility index (Phi) is 5.44. The van der Waals surface area contributed by atoms with Crippen LogP contribution in [-0.2, 0) is 4.79 Å². The lowest BCUT2D eigenvalue weighted by Crippen LogP contribution is -2.35. The molecule has 18 heavy (non-hydrogen) atoms. The molecule has 0 saturated heterocycles. The fraction of sp³-hybridized carbons (Fsp3) is 0.750. The Hall–Kier alpha value is -0.620. The molecule has 2 rings (SSSR count). The van der Waals surface area contributed by atoms with Crippen molar-refractivity contribution in [3.63, 3.8) is 0 Å². The van der Waals surface area contributed by atoms with E-state index < -0.39 is 0 Å². The maximum absolute atomic E-state index is 11.9. The van der Waals surface area contributed by atoms with E-state index in [1.54, 1.807) is 5.51 Å². The second kappa shape index (κ2) is 7.09. The minimum atomic E-state index is -0.0958. The summed E-state index contributed by atoms with van der Waals surface area (Å²) in [7, 11) is 0. The summed E-state index contributed by atoms with van der Waals surface area (Å²) in [4.78, 5) is 11.9. The summed E-state index contributed by atoms with van der Waals surface area (Å²) < 4.78 is 0.857. The molecule has 1 aromatic rings. The van der Waals surface area contributed by atoms with E-state index in [2.05, 4.69) is 15.5 Å². The number of amides is 1. The fourth-order valence-electron chi connectivity index (χ4n) is 2.20. The van der Waals surface area contributed by atoms with Crippen molar-refractivity contribution >= 4 is 29.0 Å². The van der Waals surface area contributed by atoms with Crippen LogP contribution in [0.2, 0.25) is 0 Å². The van der Waals surface area contributed by atoms with Gasteiger partial charge in [-0.2, -0.15) is 0 Å². The number of carbonyl (C=O) groups excluding carboxylic acids is 1. The van der Waals surface area contributed by atoms with Gasteiger partial charge in [-0.05, 0) is 25.7 Å². The highest BCUT2D eigenvalue weighted by Gasteiger charge is 2.18. The SMILES string of the molecule is CC(Sc1nncs1)C(=O)NCC1CCCCC1. The van der Waals surface area contributed by atoms with Crippen LogP contribution in [0.5, 0.6) is 0 Å². The number of hydrogen-bond acceptors (Lipinski definition) is 5. The van der Waals surface area contributed by atoms with Crippen LogP contribution < -0.4 is 5.32 Å². The molecule has 1 atom stereocenters. The monoisotopic (exact) mass is 285 g/mol. The lowest BCUT2D eigenvalue weighted by Gasteiger charge is -2.22. The number of hydrogen-bond donors (Lipinski definition) is 1. The summed E-state index contributed by atoms with van der Waals surface area (Å²) in [5, 5.41) is 10.7. The standard InChI is InChI=1S/C12H19N3OS2/c1-9(18-12-15-14-8-17-12)11(16)13-7-10-5-3-2-4-6-10/h8-10H,2-7H2,1H3,(H,13,16). The molecule has 1 aliphatic rings. The van der Waals surface area contributed by atoms with E-state index in [0.717, 1.165) is 10.9 Å². The molecule has 1 fully saturated rings. The van der Waals surface area contributed by atoms with Crippen molar-refractivity contribution in [2.24, 2.45) is 5.92 Å². The Labute approximate surface area is 116 Å². The zero-order valence-corrected chi connectivity index (χ0v) is 12.2. The molecular weight excluding hydrogens is 266 g/mol. The van der Waals surface area contributed by atoms with Crippen molar-refractivity contribution in [1.82, 2.24) is 15.5 Å². The van der Waals surface area contributed by atoms with Gasteiger partial charge in [0, 0.05) is 6.54 Å². The Bertz CT molecular complexity index is 363. The number of nitrogens with zero attached hydrogens (tertiary/aromatic N) is 2. The van der Waals surface area contributed by atoms with Crippen molar-refractivity contribution in [2.75, 3.05) is 6.54 Å². The van der Waals surface area contributed by atoms with E-state index >= 15 is 0 Å². The first-order chi connectivity index (χ1) is 8.75. The fourth-order valence-corrected chi connectivity index (χ4v) is 3.85. The van der Waals surface area contributed by atoms with E-state index in [1.807, 2.05) is 6.92 Å². The van der Waals surface area contributed by atoms with Gasteiger partial charge in [-0.25, -0.2) is 0 Å². The summed E-state index contributed by atoms with van der Waals surface area (Å²) in [6, 6.07) is 0. The third-order valence-corrected chi connectivity index (χ3v) is 5.19. The summed E-state index contributed by atoms with van der Waals surface area (Å²) in [5.74, 6) is 0.794. The minimum absolute atomic E-state index is 0.0958. The molecular formula is C12H19N3OS2. The number of rotatable bonds is 5. The van der Waals surface area contributed by atoms with Crippen LogP contribution in [0.4, 0.5) is 0 Å². The first kappa shape index (κ1) is 13.8. The first-order valence-corrected chi connectivity index (χ1v) is 8.22. The van der Waals surface area contributed by atoms with Gasteiger partial charge in [-0.3, -0.25) is 4.79 Å². The molecule has 1 N–H and O–H groups in total. The van der Waals surface area contributed by atoms with Gasteiger partial charge in [-0.15, -0.1) is 10.2 Å². The van der Waals surface area contributed by atoms with Gasteiger partial charge in [-0.1, -0.05) is 42.4 Å². The lowest BCUT2D eigenvalue weighted by molar-refractivity contribution is -0.120. The largest absolute Gasteiger partial charge is 0.355 e. The van der Waals surface area contributed by atoms with Gasteiger partial charge in [0.1, 0.15) is 5.51 Å². The average molecular weight is 285 g/mol. The van der Waals surface area contributed by atoms with Crippen LogP contribution in [-0.4, -0.2) is 27.9 Å². The topological polar surface area (TPSA) is 54.9 Å². The highest BCUT2D eigenvalue weighted by atomic mass is 32.2. The summed E-state index contributed by atoms with van der Waals surface area (Å²) in [6.07, 6.45) is 6.51. The average Bonchev–Trinajstić information content (AvgIpc) is 2.90. The third-order valence-electron chi connectivity index (χ3n) is 3.28. The second-order valence-electron chi connectivity index (χ2n) is 4.71. The smallest absolute Gasteiger partial charge is 0.233 e. The molecule has 1 aliphatic carbocycles. The Balaban J connectivity index is 1.70. The van der Waals surface area contributed by atoms with Crippen LogP contribution in [0.3, 0.4) is 0 Å².